The summed E-state index contributed by atoms with van der Waals surface area (Å²) in [6, 6.07) is 27.6. The van der Waals surface area contributed by atoms with Gasteiger partial charge in [0.25, 0.3) is 17.7 Å². The van der Waals surface area contributed by atoms with Crippen LogP contribution in [0.5, 0.6) is 0 Å². The van der Waals surface area contributed by atoms with Gasteiger partial charge in [0.05, 0.1) is 9.79 Å². The molecule has 0 unspecified atom stereocenters. The minimum atomic E-state index is -4.62. The molecular formula is C30H26O4S2. The predicted molar refractivity (Wildman–Crippen MR) is 147 cm³/mol. The van der Waals surface area contributed by atoms with Crippen molar-refractivity contribution in [3.63, 3.8) is 0 Å². The standard InChI is InChI=1S/C30H26O4S2/c1-23-3-7-25(8-4-23)11-13-27-15-19-29(20-16-27)35(31,32)36(33,34)30-21-17-28(18-22-30)14-12-26-9-5-24(2)6-10-26/h3-22H,1-2H3. The van der Waals surface area contributed by atoms with Crippen molar-refractivity contribution in [2.24, 2.45) is 0 Å². The van der Waals surface area contributed by atoms with Gasteiger partial charge in [-0.15, -0.1) is 0 Å². The summed E-state index contributed by atoms with van der Waals surface area (Å²) in [6.07, 6.45) is 7.51. The Labute approximate surface area is 212 Å². The molecule has 0 amide bonds. The van der Waals surface area contributed by atoms with E-state index in [1.807, 2.05) is 86.7 Å². The third kappa shape index (κ3) is 5.73. The fraction of sp³-hybridized carbons (Fsp3) is 0.0667. The highest BCUT2D eigenvalue weighted by molar-refractivity contribution is 8.67. The summed E-state index contributed by atoms with van der Waals surface area (Å²) in [7, 11) is -9.24. The van der Waals surface area contributed by atoms with E-state index in [-0.39, 0.29) is 9.79 Å². The molecule has 0 spiro atoms. The second kappa shape index (κ2) is 10.5. The van der Waals surface area contributed by atoms with Gasteiger partial charge in [-0.1, -0.05) is 108 Å². The first-order valence-electron chi connectivity index (χ1n) is 11.3. The van der Waals surface area contributed by atoms with E-state index in [0.717, 1.165) is 33.4 Å². The molecule has 0 bridgehead atoms. The Morgan fingerprint density at radius 1 is 0.389 bits per heavy atom. The molecule has 0 aliphatic heterocycles. The van der Waals surface area contributed by atoms with Crippen LogP contribution in [0.3, 0.4) is 0 Å². The molecule has 0 N–H and O–H groups in total. The molecule has 4 aromatic carbocycles. The van der Waals surface area contributed by atoms with Crippen molar-refractivity contribution < 1.29 is 16.8 Å². The van der Waals surface area contributed by atoms with Crippen molar-refractivity contribution in [3.8, 4) is 0 Å². The van der Waals surface area contributed by atoms with E-state index in [9.17, 15) is 16.8 Å². The molecule has 0 fully saturated rings. The highest BCUT2D eigenvalue weighted by Crippen LogP contribution is 2.26. The molecule has 4 rings (SSSR count). The molecule has 0 atom stereocenters. The van der Waals surface area contributed by atoms with E-state index in [4.69, 9.17) is 0 Å². The fourth-order valence-corrected chi connectivity index (χ4v) is 7.12. The highest BCUT2D eigenvalue weighted by Gasteiger charge is 2.33. The smallest absolute Gasteiger partial charge is 0.207 e. The molecule has 182 valence electrons. The molecule has 0 saturated carbocycles. The normalized spacial score (nSPS) is 12.4. The molecule has 36 heavy (non-hydrogen) atoms. The van der Waals surface area contributed by atoms with Crippen molar-refractivity contribution in [2.75, 3.05) is 0 Å². The summed E-state index contributed by atoms with van der Waals surface area (Å²) in [5.74, 6) is 0. The number of aryl methyl sites for hydroxylation is 2. The lowest BCUT2D eigenvalue weighted by atomic mass is 10.1. The van der Waals surface area contributed by atoms with Gasteiger partial charge in [-0.05, 0) is 60.4 Å². The van der Waals surface area contributed by atoms with Crippen molar-refractivity contribution in [1.82, 2.24) is 0 Å². The summed E-state index contributed by atoms with van der Waals surface area (Å²) in [6.45, 7) is 4.03. The Kier molecular flexibility index (Phi) is 7.38. The third-order valence-electron chi connectivity index (χ3n) is 5.72. The molecule has 4 aromatic rings. The third-order valence-corrected chi connectivity index (χ3v) is 10.9. The first kappa shape index (κ1) is 25.4. The van der Waals surface area contributed by atoms with E-state index < -0.39 is 17.7 Å². The highest BCUT2D eigenvalue weighted by atomic mass is 33.2. The van der Waals surface area contributed by atoms with Gasteiger partial charge in [-0.2, -0.15) is 0 Å². The van der Waals surface area contributed by atoms with Crippen LogP contribution >= 0.6 is 0 Å². The molecule has 0 aromatic heterocycles. The first-order chi connectivity index (χ1) is 17.1. The van der Waals surface area contributed by atoms with E-state index >= 15 is 0 Å². The summed E-state index contributed by atoms with van der Waals surface area (Å²) in [4.78, 5) is -0.531. The number of hydrogen-bond donors (Lipinski definition) is 0. The summed E-state index contributed by atoms with van der Waals surface area (Å²) < 4.78 is 51.9. The first-order valence-corrected chi connectivity index (χ1v) is 14.8. The van der Waals surface area contributed by atoms with Crippen LogP contribution in [0.2, 0.25) is 0 Å². The molecule has 0 aliphatic rings. The largest absolute Gasteiger partial charge is 0.286 e. The Morgan fingerprint density at radius 2 is 0.611 bits per heavy atom. The molecule has 0 aliphatic carbocycles. The van der Waals surface area contributed by atoms with E-state index in [1.165, 1.54) is 24.3 Å². The molecule has 0 heterocycles. The maximum absolute atomic E-state index is 13.0. The molecule has 4 nitrogen and oxygen atoms in total. The molecule has 0 saturated heterocycles. The summed E-state index contributed by atoms with van der Waals surface area (Å²) >= 11 is 0. The predicted octanol–water partition coefficient (Wildman–Crippen LogP) is 6.81. The van der Waals surface area contributed by atoms with Gasteiger partial charge in [0, 0.05) is 0 Å². The van der Waals surface area contributed by atoms with Crippen LogP contribution in [-0.2, 0) is 17.7 Å². The lowest BCUT2D eigenvalue weighted by Gasteiger charge is -2.07. The van der Waals surface area contributed by atoms with Gasteiger partial charge in [-0.3, -0.25) is 0 Å². The van der Waals surface area contributed by atoms with Gasteiger partial charge < -0.3 is 0 Å². The van der Waals surface area contributed by atoms with Crippen LogP contribution in [0, 0.1) is 13.8 Å². The Morgan fingerprint density at radius 3 is 0.861 bits per heavy atom. The van der Waals surface area contributed by atoms with Crippen molar-refractivity contribution >= 4 is 42.0 Å². The Hall–Kier alpha value is -3.74. The van der Waals surface area contributed by atoms with Gasteiger partial charge in [-0.25, -0.2) is 16.8 Å². The minimum absolute atomic E-state index is 0.265. The van der Waals surface area contributed by atoms with Crippen molar-refractivity contribution in [2.45, 2.75) is 23.6 Å². The molecular weight excluding hydrogens is 488 g/mol. The van der Waals surface area contributed by atoms with Gasteiger partial charge >= 0.3 is 0 Å². The maximum Gasteiger partial charge on any atom is 0.286 e. The minimum Gasteiger partial charge on any atom is -0.207 e. The number of benzene rings is 4. The van der Waals surface area contributed by atoms with Gasteiger partial charge in [0.2, 0.25) is 0 Å². The van der Waals surface area contributed by atoms with Gasteiger partial charge in [0.1, 0.15) is 0 Å². The zero-order chi connectivity index (χ0) is 25.8. The SMILES string of the molecule is Cc1ccc(C=Cc2ccc(S(=O)(=O)S(=O)(=O)c3ccc(C=Cc4ccc(C)cc4)cc3)cc2)cc1. The second-order valence-corrected chi connectivity index (χ2v) is 13.9. The number of rotatable bonds is 7. The van der Waals surface area contributed by atoms with Crippen LogP contribution in [0.25, 0.3) is 24.3 Å². The van der Waals surface area contributed by atoms with Crippen LogP contribution in [0.4, 0.5) is 0 Å². The van der Waals surface area contributed by atoms with Crippen LogP contribution in [0.15, 0.2) is 107 Å². The van der Waals surface area contributed by atoms with Crippen molar-refractivity contribution in [1.29, 1.82) is 0 Å². The quantitative estimate of drug-likeness (QED) is 0.201. The van der Waals surface area contributed by atoms with Crippen LogP contribution in [-0.4, -0.2) is 16.8 Å². The lowest BCUT2D eigenvalue weighted by Crippen LogP contribution is -2.16. The zero-order valence-corrected chi connectivity index (χ0v) is 21.6. The Balaban J connectivity index is 1.51. The second-order valence-electron chi connectivity index (χ2n) is 8.53. The lowest BCUT2D eigenvalue weighted by molar-refractivity contribution is 0.582. The van der Waals surface area contributed by atoms with E-state index in [1.54, 1.807) is 24.3 Å². The fourth-order valence-electron chi connectivity index (χ4n) is 3.48. The summed E-state index contributed by atoms with van der Waals surface area (Å²) in [5, 5.41) is 0. The van der Waals surface area contributed by atoms with E-state index in [2.05, 4.69) is 0 Å². The molecule has 6 heteroatoms. The van der Waals surface area contributed by atoms with Crippen LogP contribution in [0.1, 0.15) is 33.4 Å². The maximum atomic E-state index is 13.0. The van der Waals surface area contributed by atoms with Crippen molar-refractivity contribution in [3.05, 3.63) is 130 Å². The zero-order valence-electron chi connectivity index (χ0n) is 20.0. The van der Waals surface area contributed by atoms with Crippen LogP contribution < -0.4 is 0 Å². The Bertz CT molecular complexity index is 1480. The average molecular weight is 515 g/mol. The topological polar surface area (TPSA) is 68.3 Å². The summed E-state index contributed by atoms with van der Waals surface area (Å²) in [5.41, 5.74) is 5.87. The monoisotopic (exact) mass is 514 g/mol. The van der Waals surface area contributed by atoms with Gasteiger partial charge in [0.15, 0.2) is 0 Å². The van der Waals surface area contributed by atoms with E-state index in [0.29, 0.717) is 0 Å². The number of hydrogen-bond acceptors (Lipinski definition) is 4. The molecule has 0 radical (unpaired) electrons. The average Bonchev–Trinajstić information content (AvgIpc) is 2.88.